The molecule has 3 heteroatoms. The summed E-state index contributed by atoms with van der Waals surface area (Å²) in [5, 5.41) is 3.52. The zero-order chi connectivity index (χ0) is 13.7. The van der Waals surface area contributed by atoms with Crippen LogP contribution in [0.3, 0.4) is 0 Å². The molecule has 0 heterocycles. The Labute approximate surface area is 114 Å². The normalized spacial score (nSPS) is 19.7. The molecule has 1 aromatic carbocycles. The van der Waals surface area contributed by atoms with Crippen LogP contribution in [0.2, 0.25) is 0 Å². The third-order valence-corrected chi connectivity index (χ3v) is 3.98. The van der Waals surface area contributed by atoms with E-state index in [-0.39, 0.29) is 6.04 Å². The first-order valence-electron chi connectivity index (χ1n) is 7.37. The summed E-state index contributed by atoms with van der Waals surface area (Å²) in [5.74, 6) is -0.998. The van der Waals surface area contributed by atoms with E-state index >= 15 is 0 Å². The summed E-state index contributed by atoms with van der Waals surface area (Å²) in [6, 6.07) is 4.23. The minimum Gasteiger partial charge on any atom is -0.307 e. The fraction of sp³-hybridized carbons (Fsp3) is 0.625. The Balaban J connectivity index is 1.96. The highest BCUT2D eigenvalue weighted by atomic mass is 19.1. The third kappa shape index (κ3) is 4.57. The molecule has 1 unspecified atom stereocenters. The molecule has 1 atom stereocenters. The van der Waals surface area contributed by atoms with Gasteiger partial charge in [0.1, 0.15) is 11.6 Å². The van der Waals surface area contributed by atoms with Gasteiger partial charge in [-0.05, 0) is 37.5 Å². The Morgan fingerprint density at radius 1 is 0.947 bits per heavy atom. The van der Waals surface area contributed by atoms with Gasteiger partial charge in [-0.2, -0.15) is 0 Å². The van der Waals surface area contributed by atoms with Gasteiger partial charge in [0.15, 0.2) is 0 Å². The van der Waals surface area contributed by atoms with Crippen molar-refractivity contribution in [1.82, 2.24) is 5.32 Å². The molecule has 106 valence electrons. The predicted octanol–water partition coefficient (Wildman–Crippen LogP) is 4.73. The highest BCUT2D eigenvalue weighted by molar-refractivity contribution is 5.21. The summed E-state index contributed by atoms with van der Waals surface area (Å²) in [6.45, 7) is 1.98. The summed E-state index contributed by atoms with van der Waals surface area (Å²) in [6.07, 6.45) is 8.80. The summed E-state index contributed by atoms with van der Waals surface area (Å²) < 4.78 is 26.4. The van der Waals surface area contributed by atoms with Crippen LogP contribution >= 0.6 is 0 Å². The molecule has 0 spiro atoms. The van der Waals surface area contributed by atoms with Gasteiger partial charge in [0.25, 0.3) is 0 Å². The smallest absolute Gasteiger partial charge is 0.126 e. The van der Waals surface area contributed by atoms with Gasteiger partial charge in [-0.1, -0.05) is 32.1 Å². The lowest BCUT2D eigenvalue weighted by atomic mass is 9.95. The molecule has 1 aliphatic carbocycles. The Kier molecular flexibility index (Phi) is 5.32. The lowest BCUT2D eigenvalue weighted by Crippen LogP contribution is -2.32. The monoisotopic (exact) mass is 267 g/mol. The second kappa shape index (κ2) is 6.99. The first kappa shape index (κ1) is 14.4. The van der Waals surface area contributed by atoms with E-state index in [1.54, 1.807) is 0 Å². The van der Waals surface area contributed by atoms with Crippen molar-refractivity contribution >= 4 is 0 Å². The predicted molar refractivity (Wildman–Crippen MR) is 74.0 cm³/mol. The molecule has 0 radical (unpaired) electrons. The van der Waals surface area contributed by atoms with Crippen molar-refractivity contribution in [2.75, 3.05) is 0 Å². The molecule has 2 rings (SSSR count). The van der Waals surface area contributed by atoms with Crippen molar-refractivity contribution in [2.45, 2.75) is 64.0 Å². The summed E-state index contributed by atoms with van der Waals surface area (Å²) >= 11 is 0. The number of halogens is 2. The van der Waals surface area contributed by atoms with E-state index in [0.717, 1.165) is 6.07 Å². The van der Waals surface area contributed by atoms with Crippen LogP contribution in [0.5, 0.6) is 0 Å². The lowest BCUT2D eigenvalue weighted by Gasteiger charge is -2.25. The van der Waals surface area contributed by atoms with Crippen LogP contribution in [0, 0.1) is 11.6 Å². The molecule has 0 saturated heterocycles. The van der Waals surface area contributed by atoms with Crippen LogP contribution in [0.25, 0.3) is 0 Å². The zero-order valence-electron chi connectivity index (χ0n) is 11.6. The van der Waals surface area contributed by atoms with Crippen molar-refractivity contribution in [3.05, 3.63) is 35.4 Å². The van der Waals surface area contributed by atoms with E-state index < -0.39 is 11.6 Å². The van der Waals surface area contributed by atoms with Gasteiger partial charge in [-0.25, -0.2) is 8.78 Å². The Bertz CT molecular complexity index is 377. The van der Waals surface area contributed by atoms with Crippen LogP contribution < -0.4 is 5.32 Å². The molecule has 1 nitrogen and oxygen atoms in total. The minimum absolute atomic E-state index is 0.00498. The zero-order valence-corrected chi connectivity index (χ0v) is 11.6. The van der Waals surface area contributed by atoms with Crippen molar-refractivity contribution < 1.29 is 8.78 Å². The first-order chi connectivity index (χ1) is 9.15. The highest BCUT2D eigenvalue weighted by Gasteiger charge is 2.15. The Morgan fingerprint density at radius 3 is 2.05 bits per heavy atom. The quantitative estimate of drug-likeness (QED) is 0.835. The molecule has 0 aliphatic heterocycles. The summed E-state index contributed by atoms with van der Waals surface area (Å²) in [4.78, 5) is 0. The van der Waals surface area contributed by atoms with Gasteiger partial charge in [0, 0.05) is 18.2 Å². The number of hydrogen-bond donors (Lipinski definition) is 1. The van der Waals surface area contributed by atoms with E-state index in [4.69, 9.17) is 0 Å². The van der Waals surface area contributed by atoms with E-state index in [9.17, 15) is 8.78 Å². The SMILES string of the molecule is CC(NC1CCCCCCC1)c1cc(F)cc(F)c1. The number of hydrogen-bond acceptors (Lipinski definition) is 1. The fourth-order valence-corrected chi connectivity index (χ4v) is 2.90. The minimum atomic E-state index is -0.499. The van der Waals surface area contributed by atoms with E-state index in [0.29, 0.717) is 11.6 Å². The molecule has 1 fully saturated rings. The maximum absolute atomic E-state index is 13.2. The standard InChI is InChI=1S/C16H23F2N/c1-12(13-9-14(17)11-15(18)10-13)19-16-7-5-3-2-4-6-8-16/h9-12,16,19H,2-8H2,1H3. The molecular weight excluding hydrogens is 244 g/mol. The summed E-state index contributed by atoms with van der Waals surface area (Å²) in [5.41, 5.74) is 0.694. The molecule has 1 saturated carbocycles. The molecule has 1 aromatic rings. The van der Waals surface area contributed by atoms with Crippen molar-refractivity contribution in [3.8, 4) is 0 Å². The second-order valence-electron chi connectivity index (χ2n) is 5.63. The molecule has 0 amide bonds. The largest absolute Gasteiger partial charge is 0.307 e. The number of benzene rings is 1. The van der Waals surface area contributed by atoms with Crippen LogP contribution in [0.1, 0.15) is 63.5 Å². The maximum Gasteiger partial charge on any atom is 0.126 e. The van der Waals surface area contributed by atoms with Gasteiger partial charge in [-0.15, -0.1) is 0 Å². The number of rotatable bonds is 3. The van der Waals surface area contributed by atoms with Gasteiger partial charge >= 0.3 is 0 Å². The van der Waals surface area contributed by atoms with Gasteiger partial charge in [0.05, 0.1) is 0 Å². The second-order valence-corrected chi connectivity index (χ2v) is 5.63. The van der Waals surface area contributed by atoms with Crippen LogP contribution in [0.4, 0.5) is 8.78 Å². The van der Waals surface area contributed by atoms with Crippen LogP contribution in [0.15, 0.2) is 18.2 Å². The highest BCUT2D eigenvalue weighted by Crippen LogP contribution is 2.21. The van der Waals surface area contributed by atoms with Crippen LogP contribution in [-0.4, -0.2) is 6.04 Å². The number of nitrogens with one attached hydrogen (secondary N) is 1. The molecule has 1 N–H and O–H groups in total. The fourth-order valence-electron chi connectivity index (χ4n) is 2.90. The molecule has 1 aliphatic rings. The van der Waals surface area contributed by atoms with Crippen molar-refractivity contribution in [1.29, 1.82) is 0 Å². The Hall–Kier alpha value is -0.960. The molecule has 0 bridgehead atoms. The van der Waals surface area contributed by atoms with E-state index in [1.807, 2.05) is 6.92 Å². The van der Waals surface area contributed by atoms with Gasteiger partial charge in [-0.3, -0.25) is 0 Å². The lowest BCUT2D eigenvalue weighted by molar-refractivity contribution is 0.362. The van der Waals surface area contributed by atoms with E-state index in [1.165, 1.54) is 57.1 Å². The van der Waals surface area contributed by atoms with Gasteiger partial charge < -0.3 is 5.32 Å². The third-order valence-electron chi connectivity index (χ3n) is 3.98. The topological polar surface area (TPSA) is 12.0 Å². The van der Waals surface area contributed by atoms with Crippen molar-refractivity contribution in [2.24, 2.45) is 0 Å². The van der Waals surface area contributed by atoms with E-state index in [2.05, 4.69) is 5.32 Å². The van der Waals surface area contributed by atoms with Crippen molar-refractivity contribution in [3.63, 3.8) is 0 Å². The Morgan fingerprint density at radius 2 is 1.47 bits per heavy atom. The van der Waals surface area contributed by atoms with Gasteiger partial charge in [0.2, 0.25) is 0 Å². The maximum atomic E-state index is 13.2. The average Bonchev–Trinajstić information content (AvgIpc) is 2.31. The average molecular weight is 267 g/mol. The first-order valence-corrected chi connectivity index (χ1v) is 7.37. The molecular formula is C16H23F2N. The molecule has 19 heavy (non-hydrogen) atoms. The summed E-state index contributed by atoms with van der Waals surface area (Å²) in [7, 11) is 0. The molecule has 0 aromatic heterocycles. The van der Waals surface area contributed by atoms with Crippen LogP contribution in [-0.2, 0) is 0 Å².